The van der Waals surface area contributed by atoms with E-state index in [0.29, 0.717) is 6.61 Å². The van der Waals surface area contributed by atoms with Crippen LogP contribution in [0.2, 0.25) is 0 Å². The molecule has 1 fully saturated rings. The normalized spacial score (nSPS) is 25.6. The van der Waals surface area contributed by atoms with Crippen LogP contribution in [0.15, 0.2) is 0 Å². The number of aliphatic hydroxyl groups excluding tert-OH is 1. The maximum atomic E-state index is 11.6. The van der Waals surface area contributed by atoms with E-state index in [1.807, 2.05) is 0 Å². The summed E-state index contributed by atoms with van der Waals surface area (Å²) in [6.45, 7) is 2.21. The summed E-state index contributed by atoms with van der Waals surface area (Å²) in [7, 11) is -3.36. The van der Waals surface area contributed by atoms with Crippen LogP contribution in [0, 0.1) is 0 Å². The molecular formula is C9H20N2O4S. The van der Waals surface area contributed by atoms with Crippen molar-refractivity contribution in [3.63, 3.8) is 0 Å². The van der Waals surface area contributed by atoms with Gasteiger partial charge in [-0.1, -0.05) is 0 Å². The van der Waals surface area contributed by atoms with Crippen molar-refractivity contribution in [2.75, 3.05) is 18.9 Å². The molecule has 1 heterocycles. The molecule has 7 heteroatoms. The molecule has 3 atom stereocenters. The minimum atomic E-state index is -3.36. The van der Waals surface area contributed by atoms with E-state index in [0.717, 1.165) is 12.8 Å². The molecule has 1 saturated heterocycles. The van der Waals surface area contributed by atoms with Gasteiger partial charge in [0.25, 0.3) is 0 Å². The summed E-state index contributed by atoms with van der Waals surface area (Å²) in [5, 5.41) is 9.12. The van der Waals surface area contributed by atoms with Gasteiger partial charge in [0.1, 0.15) is 0 Å². The summed E-state index contributed by atoms with van der Waals surface area (Å²) >= 11 is 0. The summed E-state index contributed by atoms with van der Waals surface area (Å²) in [6.07, 6.45) is 0.752. The Balaban J connectivity index is 2.33. The molecule has 1 rings (SSSR count). The first-order valence-electron chi connectivity index (χ1n) is 5.43. The predicted molar refractivity (Wildman–Crippen MR) is 60.4 cm³/mol. The van der Waals surface area contributed by atoms with Gasteiger partial charge in [-0.3, -0.25) is 0 Å². The summed E-state index contributed by atoms with van der Waals surface area (Å²) in [6, 6.07) is -0.584. The number of nitrogens with two attached hydrogens (primary N) is 1. The van der Waals surface area contributed by atoms with Crippen LogP contribution in [0.3, 0.4) is 0 Å². The van der Waals surface area contributed by atoms with E-state index in [2.05, 4.69) is 4.72 Å². The van der Waals surface area contributed by atoms with Gasteiger partial charge in [-0.05, 0) is 19.8 Å². The molecule has 1 aliphatic heterocycles. The second kappa shape index (κ2) is 5.92. The van der Waals surface area contributed by atoms with Gasteiger partial charge >= 0.3 is 0 Å². The lowest BCUT2D eigenvalue weighted by atomic mass is 10.2. The van der Waals surface area contributed by atoms with Gasteiger partial charge in [0.15, 0.2) is 0 Å². The summed E-state index contributed by atoms with van der Waals surface area (Å²) in [5.41, 5.74) is 5.52. The lowest BCUT2D eigenvalue weighted by Crippen LogP contribution is -2.45. The maximum absolute atomic E-state index is 11.6. The van der Waals surface area contributed by atoms with E-state index in [4.69, 9.17) is 15.6 Å². The van der Waals surface area contributed by atoms with Crippen molar-refractivity contribution in [3.8, 4) is 0 Å². The molecule has 0 spiro atoms. The smallest absolute Gasteiger partial charge is 0.214 e. The quantitative estimate of drug-likeness (QED) is 0.551. The number of sulfonamides is 1. The number of hydrogen-bond acceptors (Lipinski definition) is 5. The molecule has 0 bridgehead atoms. The fourth-order valence-electron chi connectivity index (χ4n) is 1.47. The van der Waals surface area contributed by atoms with Gasteiger partial charge in [0, 0.05) is 19.2 Å². The molecule has 0 radical (unpaired) electrons. The second-order valence-electron chi connectivity index (χ2n) is 4.17. The Labute approximate surface area is 96.2 Å². The van der Waals surface area contributed by atoms with Crippen molar-refractivity contribution in [1.29, 1.82) is 0 Å². The fourth-order valence-corrected chi connectivity index (χ4v) is 2.79. The topological polar surface area (TPSA) is 102 Å². The Bertz CT molecular complexity index is 299. The first-order chi connectivity index (χ1) is 7.41. The highest BCUT2D eigenvalue weighted by atomic mass is 32.2. The van der Waals surface area contributed by atoms with E-state index in [9.17, 15) is 8.42 Å². The fraction of sp³-hybridized carbons (Fsp3) is 1.00. The number of rotatable bonds is 6. The van der Waals surface area contributed by atoms with Crippen LogP contribution in [0.1, 0.15) is 19.8 Å². The van der Waals surface area contributed by atoms with E-state index in [1.165, 1.54) is 6.92 Å². The van der Waals surface area contributed by atoms with E-state index < -0.39 is 22.2 Å². The van der Waals surface area contributed by atoms with Crippen molar-refractivity contribution in [2.45, 2.75) is 38.0 Å². The number of nitrogens with one attached hydrogen (secondary N) is 1. The molecule has 1 aliphatic rings. The van der Waals surface area contributed by atoms with Crippen molar-refractivity contribution in [3.05, 3.63) is 0 Å². The highest BCUT2D eigenvalue weighted by Gasteiger charge is 2.23. The molecule has 16 heavy (non-hydrogen) atoms. The maximum Gasteiger partial charge on any atom is 0.214 e. The SMILES string of the molecule is CC(O)C(N)CNS(=O)(=O)CC1CCCO1. The van der Waals surface area contributed by atoms with Crippen molar-refractivity contribution >= 4 is 10.0 Å². The van der Waals surface area contributed by atoms with Crippen molar-refractivity contribution in [1.82, 2.24) is 4.72 Å². The van der Waals surface area contributed by atoms with Crippen LogP contribution < -0.4 is 10.5 Å². The third-order valence-corrected chi connectivity index (χ3v) is 4.00. The molecule has 0 saturated carbocycles. The molecule has 96 valence electrons. The van der Waals surface area contributed by atoms with Gasteiger partial charge in [0.2, 0.25) is 10.0 Å². The number of hydrogen-bond donors (Lipinski definition) is 3. The van der Waals surface area contributed by atoms with Crippen LogP contribution in [0.5, 0.6) is 0 Å². The average Bonchev–Trinajstić information content (AvgIpc) is 2.65. The van der Waals surface area contributed by atoms with Crippen LogP contribution in [0.4, 0.5) is 0 Å². The van der Waals surface area contributed by atoms with E-state index in [1.54, 1.807) is 0 Å². The van der Waals surface area contributed by atoms with Gasteiger partial charge in [-0.15, -0.1) is 0 Å². The highest BCUT2D eigenvalue weighted by molar-refractivity contribution is 7.89. The molecule has 0 aromatic carbocycles. The van der Waals surface area contributed by atoms with Crippen molar-refractivity contribution in [2.24, 2.45) is 5.73 Å². The first kappa shape index (κ1) is 13.9. The number of ether oxygens (including phenoxy) is 1. The molecule has 0 aromatic heterocycles. The third kappa shape index (κ3) is 4.75. The predicted octanol–water partition coefficient (Wildman–Crippen LogP) is -1.21. The zero-order chi connectivity index (χ0) is 12.2. The largest absolute Gasteiger partial charge is 0.392 e. The molecule has 0 aromatic rings. The standard InChI is InChI=1S/C9H20N2O4S/c1-7(12)9(10)5-11-16(13,14)6-8-3-2-4-15-8/h7-9,11-12H,2-6,10H2,1H3. The average molecular weight is 252 g/mol. The van der Waals surface area contributed by atoms with Crippen LogP contribution in [0.25, 0.3) is 0 Å². The van der Waals surface area contributed by atoms with Gasteiger partial charge < -0.3 is 15.6 Å². The lowest BCUT2D eigenvalue weighted by Gasteiger charge is -2.16. The molecule has 0 amide bonds. The summed E-state index contributed by atoms with van der Waals surface area (Å²) in [4.78, 5) is 0. The second-order valence-corrected chi connectivity index (χ2v) is 6.02. The molecular weight excluding hydrogens is 232 g/mol. The Hall–Kier alpha value is -0.210. The van der Waals surface area contributed by atoms with Gasteiger partial charge in [-0.25, -0.2) is 13.1 Å². The van der Waals surface area contributed by atoms with Gasteiger partial charge in [-0.2, -0.15) is 0 Å². The summed E-state index contributed by atoms with van der Waals surface area (Å²) in [5.74, 6) is -0.0282. The van der Waals surface area contributed by atoms with Crippen LogP contribution in [-0.2, 0) is 14.8 Å². The Morgan fingerprint density at radius 2 is 2.31 bits per heavy atom. The number of aliphatic hydroxyl groups is 1. The minimum Gasteiger partial charge on any atom is -0.392 e. The Morgan fingerprint density at radius 1 is 1.62 bits per heavy atom. The van der Waals surface area contributed by atoms with Crippen LogP contribution >= 0.6 is 0 Å². The molecule has 0 aliphatic carbocycles. The minimum absolute atomic E-state index is 0.0282. The van der Waals surface area contributed by atoms with Crippen molar-refractivity contribution < 1.29 is 18.3 Å². The highest BCUT2D eigenvalue weighted by Crippen LogP contribution is 2.13. The van der Waals surface area contributed by atoms with Gasteiger partial charge in [0.05, 0.1) is 18.0 Å². The molecule has 4 N–H and O–H groups in total. The summed E-state index contributed by atoms with van der Waals surface area (Å²) < 4.78 is 30.8. The molecule has 3 unspecified atom stereocenters. The van der Waals surface area contributed by atoms with Crippen LogP contribution in [-0.4, -0.2) is 50.7 Å². The Kier molecular flexibility index (Phi) is 5.13. The third-order valence-electron chi connectivity index (χ3n) is 2.59. The monoisotopic (exact) mass is 252 g/mol. The molecule has 6 nitrogen and oxygen atoms in total. The zero-order valence-electron chi connectivity index (χ0n) is 9.43. The lowest BCUT2D eigenvalue weighted by molar-refractivity contribution is 0.127. The van der Waals surface area contributed by atoms with E-state index >= 15 is 0 Å². The van der Waals surface area contributed by atoms with E-state index in [-0.39, 0.29) is 18.4 Å². The Morgan fingerprint density at radius 3 is 2.81 bits per heavy atom. The first-order valence-corrected chi connectivity index (χ1v) is 7.08. The zero-order valence-corrected chi connectivity index (χ0v) is 10.2.